The van der Waals surface area contributed by atoms with Gasteiger partial charge >= 0.3 is 0 Å². The minimum absolute atomic E-state index is 0.842. The van der Waals surface area contributed by atoms with E-state index in [0.29, 0.717) is 0 Å². The molecule has 1 aliphatic rings. The zero-order chi connectivity index (χ0) is 19.1. The number of nitrogens with zero attached hydrogens (tertiary/aromatic N) is 4. The van der Waals surface area contributed by atoms with Crippen LogP contribution in [0.15, 0.2) is 39.8 Å². The summed E-state index contributed by atoms with van der Waals surface area (Å²) in [5.74, 6) is 1.84. The molecule has 6 nitrogen and oxygen atoms in total. The van der Waals surface area contributed by atoms with E-state index in [1.165, 1.54) is 5.56 Å². The highest BCUT2D eigenvalue weighted by atomic mass is 35.5. The van der Waals surface area contributed by atoms with Crippen LogP contribution in [0.3, 0.4) is 0 Å². The molecule has 0 saturated carbocycles. The van der Waals surface area contributed by atoms with Crippen LogP contribution in [0.4, 0.5) is 0 Å². The van der Waals surface area contributed by atoms with E-state index in [0.717, 1.165) is 74.5 Å². The van der Waals surface area contributed by atoms with Crippen LogP contribution in [0.2, 0.25) is 5.02 Å². The van der Waals surface area contributed by atoms with Gasteiger partial charge in [-0.15, -0.1) is 0 Å². The second-order valence-corrected chi connectivity index (χ2v) is 7.27. The van der Waals surface area contributed by atoms with E-state index >= 15 is 0 Å². The van der Waals surface area contributed by atoms with Crippen LogP contribution in [-0.2, 0) is 13.0 Å². The van der Waals surface area contributed by atoms with Crippen molar-refractivity contribution in [2.24, 2.45) is 4.99 Å². The smallest absolute Gasteiger partial charge is 0.193 e. The van der Waals surface area contributed by atoms with Crippen LogP contribution >= 0.6 is 11.6 Å². The molecular weight excluding hydrogens is 362 g/mol. The molecule has 1 saturated heterocycles. The summed E-state index contributed by atoms with van der Waals surface area (Å²) >= 11 is 6.22. The number of benzene rings is 1. The van der Waals surface area contributed by atoms with Gasteiger partial charge in [-0.25, -0.2) is 0 Å². The highest BCUT2D eigenvalue weighted by Crippen LogP contribution is 2.16. The summed E-state index contributed by atoms with van der Waals surface area (Å²) in [4.78, 5) is 9.17. The number of guanidine groups is 1. The van der Waals surface area contributed by atoms with Crippen molar-refractivity contribution in [1.82, 2.24) is 20.3 Å². The first-order valence-electron chi connectivity index (χ1n) is 9.49. The molecule has 27 heavy (non-hydrogen) atoms. The van der Waals surface area contributed by atoms with Gasteiger partial charge in [0.2, 0.25) is 0 Å². The molecule has 0 bridgehead atoms. The van der Waals surface area contributed by atoms with Crippen molar-refractivity contribution < 1.29 is 4.52 Å². The van der Waals surface area contributed by atoms with Crippen molar-refractivity contribution in [1.29, 1.82) is 0 Å². The zero-order valence-corrected chi connectivity index (χ0v) is 16.9. The van der Waals surface area contributed by atoms with E-state index in [1.54, 1.807) is 0 Å². The Morgan fingerprint density at radius 3 is 2.70 bits per heavy atom. The average molecular weight is 390 g/mol. The van der Waals surface area contributed by atoms with Gasteiger partial charge in [-0.2, -0.15) is 0 Å². The van der Waals surface area contributed by atoms with Gasteiger partial charge in [-0.1, -0.05) is 35.0 Å². The zero-order valence-electron chi connectivity index (χ0n) is 16.1. The summed E-state index contributed by atoms with van der Waals surface area (Å²) in [6.45, 7) is 7.56. The third-order valence-electron chi connectivity index (χ3n) is 4.81. The average Bonchev–Trinajstić information content (AvgIpc) is 3.09. The second-order valence-electron chi connectivity index (χ2n) is 6.86. The van der Waals surface area contributed by atoms with Crippen molar-refractivity contribution in [3.63, 3.8) is 0 Å². The van der Waals surface area contributed by atoms with Crippen LogP contribution in [0, 0.1) is 6.92 Å². The van der Waals surface area contributed by atoms with Crippen molar-refractivity contribution in [2.45, 2.75) is 26.3 Å². The fraction of sp³-hybridized carbons (Fsp3) is 0.500. The van der Waals surface area contributed by atoms with Gasteiger partial charge in [0.05, 0.1) is 5.69 Å². The maximum Gasteiger partial charge on any atom is 0.193 e. The summed E-state index contributed by atoms with van der Waals surface area (Å²) in [5.41, 5.74) is 2.20. The number of rotatable bonds is 6. The van der Waals surface area contributed by atoms with Gasteiger partial charge in [0.1, 0.15) is 5.76 Å². The SMILES string of the molecule is CN=C(NCCCc1ccccc1Cl)N1CCN(Cc2cc(C)on2)CC1. The van der Waals surface area contributed by atoms with Gasteiger partial charge in [0.15, 0.2) is 5.96 Å². The summed E-state index contributed by atoms with van der Waals surface area (Å²) < 4.78 is 5.15. The normalized spacial score (nSPS) is 16.0. The number of aryl methyl sites for hydroxylation is 2. The van der Waals surface area contributed by atoms with Crippen molar-refractivity contribution >= 4 is 17.6 Å². The summed E-state index contributed by atoms with van der Waals surface area (Å²) in [6.07, 6.45) is 1.99. The Hall–Kier alpha value is -2.05. The molecule has 0 radical (unpaired) electrons. The maximum absolute atomic E-state index is 6.22. The molecule has 0 spiro atoms. The first-order valence-corrected chi connectivity index (χ1v) is 9.87. The molecule has 1 N–H and O–H groups in total. The largest absolute Gasteiger partial charge is 0.361 e. The number of nitrogens with one attached hydrogen (secondary N) is 1. The highest BCUT2D eigenvalue weighted by Gasteiger charge is 2.20. The molecule has 1 aromatic heterocycles. The number of aromatic nitrogens is 1. The lowest BCUT2D eigenvalue weighted by atomic mass is 10.1. The molecule has 0 unspecified atom stereocenters. The fourth-order valence-corrected chi connectivity index (χ4v) is 3.58. The Labute approximate surface area is 166 Å². The van der Waals surface area contributed by atoms with E-state index in [-0.39, 0.29) is 0 Å². The molecule has 0 aliphatic carbocycles. The van der Waals surface area contributed by atoms with E-state index in [2.05, 4.69) is 31.3 Å². The fourth-order valence-electron chi connectivity index (χ4n) is 3.35. The predicted molar refractivity (Wildman–Crippen MR) is 109 cm³/mol. The number of hydrogen-bond acceptors (Lipinski definition) is 4. The van der Waals surface area contributed by atoms with Gasteiger partial charge < -0.3 is 14.7 Å². The molecule has 1 fully saturated rings. The van der Waals surface area contributed by atoms with E-state index in [1.807, 2.05) is 38.2 Å². The van der Waals surface area contributed by atoms with Gasteiger partial charge in [0, 0.05) is 57.4 Å². The quantitative estimate of drug-likeness (QED) is 0.467. The van der Waals surface area contributed by atoms with Crippen molar-refractivity contribution in [2.75, 3.05) is 39.8 Å². The number of aliphatic imine (C=N–C) groups is 1. The lowest BCUT2D eigenvalue weighted by Crippen LogP contribution is -2.52. The topological polar surface area (TPSA) is 56.9 Å². The van der Waals surface area contributed by atoms with Gasteiger partial charge in [-0.3, -0.25) is 9.89 Å². The third-order valence-corrected chi connectivity index (χ3v) is 5.18. The van der Waals surface area contributed by atoms with Crippen LogP contribution in [0.25, 0.3) is 0 Å². The van der Waals surface area contributed by atoms with E-state index in [9.17, 15) is 0 Å². The first-order chi connectivity index (χ1) is 13.2. The lowest BCUT2D eigenvalue weighted by molar-refractivity contribution is 0.169. The molecule has 3 rings (SSSR count). The Morgan fingerprint density at radius 2 is 2.04 bits per heavy atom. The minimum Gasteiger partial charge on any atom is -0.361 e. The minimum atomic E-state index is 0.842. The first kappa shape index (κ1) is 19.7. The van der Waals surface area contributed by atoms with Crippen LogP contribution in [0.1, 0.15) is 23.4 Å². The van der Waals surface area contributed by atoms with Crippen LogP contribution in [-0.4, -0.2) is 60.7 Å². The van der Waals surface area contributed by atoms with Gasteiger partial charge in [-0.05, 0) is 31.4 Å². The molecule has 1 aliphatic heterocycles. The van der Waals surface area contributed by atoms with Crippen LogP contribution in [0.5, 0.6) is 0 Å². The molecule has 0 atom stereocenters. The van der Waals surface area contributed by atoms with Crippen molar-refractivity contribution in [3.8, 4) is 0 Å². The molecule has 2 heterocycles. The van der Waals surface area contributed by atoms with Gasteiger partial charge in [0.25, 0.3) is 0 Å². The predicted octanol–water partition coefficient (Wildman–Crippen LogP) is 2.96. The molecule has 1 aromatic carbocycles. The molecule has 0 amide bonds. The standard InChI is InChI=1S/C20H28ClN5O/c1-16-14-18(24-27-16)15-25-10-12-26(13-11-25)20(22-2)23-9-5-7-17-6-3-4-8-19(17)21/h3-4,6,8,14H,5,7,9-13,15H2,1-2H3,(H,22,23). The number of piperazine rings is 1. The summed E-state index contributed by atoms with van der Waals surface area (Å²) in [6, 6.07) is 10.0. The molecule has 2 aromatic rings. The molecule has 146 valence electrons. The Balaban J connectivity index is 1.39. The molecule has 7 heteroatoms. The lowest BCUT2D eigenvalue weighted by Gasteiger charge is -2.36. The Bertz CT molecular complexity index is 752. The Kier molecular flexibility index (Phi) is 7.12. The highest BCUT2D eigenvalue weighted by molar-refractivity contribution is 6.31. The summed E-state index contributed by atoms with van der Waals surface area (Å²) in [5, 5.41) is 8.42. The monoisotopic (exact) mass is 389 g/mol. The summed E-state index contributed by atoms with van der Waals surface area (Å²) in [7, 11) is 1.85. The van der Waals surface area contributed by atoms with Crippen LogP contribution < -0.4 is 5.32 Å². The maximum atomic E-state index is 6.22. The second kappa shape index (κ2) is 9.76. The molecular formula is C20H28ClN5O. The third kappa shape index (κ3) is 5.71. The Morgan fingerprint density at radius 1 is 1.26 bits per heavy atom. The van der Waals surface area contributed by atoms with E-state index in [4.69, 9.17) is 16.1 Å². The number of hydrogen-bond donors (Lipinski definition) is 1. The number of halogens is 1. The van der Waals surface area contributed by atoms with Crippen molar-refractivity contribution in [3.05, 3.63) is 52.4 Å². The van der Waals surface area contributed by atoms with E-state index < -0.39 is 0 Å².